The fourth-order valence-corrected chi connectivity index (χ4v) is 3.93. The zero-order valence-electron chi connectivity index (χ0n) is 22.3. The monoisotopic (exact) mass is 592 g/mol. The summed E-state index contributed by atoms with van der Waals surface area (Å²) in [6.45, 7) is 0.576. The molecule has 0 unspecified atom stereocenters. The van der Waals surface area contributed by atoms with Crippen molar-refractivity contribution in [3.63, 3.8) is 0 Å². The minimum atomic E-state index is -0.367. The van der Waals surface area contributed by atoms with Crippen LogP contribution in [0.3, 0.4) is 0 Å². The van der Waals surface area contributed by atoms with Gasteiger partial charge in [-0.15, -0.1) is 6.42 Å². The van der Waals surface area contributed by atoms with Crippen LogP contribution < -0.4 is 9.47 Å². The molecule has 0 radical (unpaired) electrons. The molecule has 0 aromatic heterocycles. The van der Waals surface area contributed by atoms with Gasteiger partial charge in [-0.3, -0.25) is 0 Å². The van der Waals surface area contributed by atoms with E-state index in [-0.39, 0.29) is 18.5 Å². The molecular weight excluding hydrogens is 560 g/mol. The van der Waals surface area contributed by atoms with E-state index in [2.05, 4.69) is 55.3 Å². The van der Waals surface area contributed by atoms with Crippen molar-refractivity contribution in [1.82, 2.24) is 0 Å². The predicted molar refractivity (Wildman–Crippen MR) is 156 cm³/mol. The summed E-state index contributed by atoms with van der Waals surface area (Å²) >= 11 is 3.40. The van der Waals surface area contributed by atoms with Crippen LogP contribution in [-0.4, -0.2) is 39.4 Å². The first-order valence-corrected chi connectivity index (χ1v) is 13.3. The number of carbonyl (C=O) groups is 2. The quantitative estimate of drug-likeness (QED) is 0.268. The number of esters is 2. The maximum Gasteiger partial charge on any atom is 0.337 e. The number of rotatable bonds is 6. The van der Waals surface area contributed by atoms with Crippen LogP contribution in [0.1, 0.15) is 59.2 Å². The minimum absolute atomic E-state index is 0.220. The van der Waals surface area contributed by atoms with Crippen molar-refractivity contribution in [2.24, 2.45) is 0 Å². The molecule has 0 aliphatic heterocycles. The Hall–Kier alpha value is -3.94. The van der Waals surface area contributed by atoms with Crippen molar-refractivity contribution in [3.05, 3.63) is 81.9 Å². The molecule has 204 valence electrons. The van der Waals surface area contributed by atoms with Crippen LogP contribution in [-0.2, 0) is 9.47 Å². The Morgan fingerprint density at radius 2 is 1.31 bits per heavy atom. The second-order valence-electron chi connectivity index (χ2n) is 8.28. The second-order valence-corrected chi connectivity index (χ2v) is 9.30. The van der Waals surface area contributed by atoms with Gasteiger partial charge in [0.05, 0.1) is 25.3 Å². The molecule has 0 bridgehead atoms. The molecule has 7 heteroatoms. The maximum absolute atomic E-state index is 11.2. The number of allylic oxidation sites excluding steroid dienone is 4. The number of ether oxygens (including phenoxy) is 4. The molecule has 2 aliphatic carbocycles. The Kier molecular flexibility index (Phi) is 14.7. The van der Waals surface area contributed by atoms with Crippen molar-refractivity contribution < 1.29 is 28.5 Å². The molecule has 0 atom stereocenters. The van der Waals surface area contributed by atoms with Gasteiger partial charge >= 0.3 is 11.9 Å². The van der Waals surface area contributed by atoms with Crippen molar-refractivity contribution >= 4 is 27.9 Å². The molecule has 6 nitrogen and oxygen atoms in total. The predicted octanol–water partition coefficient (Wildman–Crippen LogP) is 6.90. The summed E-state index contributed by atoms with van der Waals surface area (Å²) < 4.78 is 21.2. The summed E-state index contributed by atoms with van der Waals surface area (Å²) in [5, 5.41) is 0. The molecule has 2 aromatic rings. The standard InChI is InChI=1S/C16H16O3.C11H10O3.C5H7Br/c1-18-16(17)14-8-10-15(11-9-14)19-12-4-7-13-5-2-3-6-13;1-3-8-14-10-6-4-9(5-7-10)11(12)13-2;6-5-3-1-2-4-5/h5,8-11H,2-3,6,12H2,1H3;1,4-7H,8H2,2H3;3H,1-2,4H2. The number of hydrogen-bond acceptors (Lipinski definition) is 6. The number of carbonyl (C=O) groups excluding carboxylic acids is 2. The largest absolute Gasteiger partial charge is 0.481 e. The van der Waals surface area contributed by atoms with E-state index >= 15 is 0 Å². The first-order chi connectivity index (χ1) is 19.0. The molecular formula is C32H33BrO6. The van der Waals surface area contributed by atoms with E-state index in [9.17, 15) is 9.59 Å². The molecule has 39 heavy (non-hydrogen) atoms. The van der Waals surface area contributed by atoms with E-state index < -0.39 is 0 Å². The lowest BCUT2D eigenvalue weighted by Crippen LogP contribution is -2.01. The van der Waals surface area contributed by atoms with Gasteiger partial charge in [-0.25, -0.2) is 9.59 Å². The number of hydrogen-bond donors (Lipinski definition) is 0. The van der Waals surface area contributed by atoms with Gasteiger partial charge in [-0.1, -0.05) is 45.8 Å². The summed E-state index contributed by atoms with van der Waals surface area (Å²) in [6, 6.07) is 13.4. The van der Waals surface area contributed by atoms with E-state index in [4.69, 9.17) is 15.9 Å². The smallest absolute Gasteiger partial charge is 0.337 e. The van der Waals surface area contributed by atoms with E-state index in [0.29, 0.717) is 29.2 Å². The van der Waals surface area contributed by atoms with Gasteiger partial charge in [0.1, 0.15) is 24.7 Å². The van der Waals surface area contributed by atoms with E-state index in [1.54, 1.807) is 48.5 Å². The van der Waals surface area contributed by atoms with E-state index in [0.717, 1.165) is 12.8 Å². The normalized spacial score (nSPS) is 12.9. The van der Waals surface area contributed by atoms with E-state index in [1.165, 1.54) is 50.0 Å². The summed E-state index contributed by atoms with van der Waals surface area (Å²) in [4.78, 5) is 22.3. The SMILES string of the molecule is BrC1=CCCC1.C#CCOc1ccc(C(=O)OC)cc1.COC(=O)c1ccc(OCC#CC2=CCCC2)cc1. The zero-order valence-corrected chi connectivity index (χ0v) is 23.9. The van der Waals surface area contributed by atoms with Crippen LogP contribution in [0.2, 0.25) is 0 Å². The van der Waals surface area contributed by atoms with Gasteiger partial charge in [0.2, 0.25) is 0 Å². The highest BCUT2D eigenvalue weighted by atomic mass is 79.9. The van der Waals surface area contributed by atoms with Gasteiger partial charge < -0.3 is 18.9 Å². The molecule has 4 rings (SSSR count). The Labute approximate surface area is 239 Å². The average molecular weight is 594 g/mol. The minimum Gasteiger partial charge on any atom is -0.481 e. The lowest BCUT2D eigenvalue weighted by molar-refractivity contribution is 0.0592. The lowest BCUT2D eigenvalue weighted by Gasteiger charge is -2.03. The topological polar surface area (TPSA) is 71.1 Å². The van der Waals surface area contributed by atoms with Crippen LogP contribution in [0.25, 0.3) is 0 Å². The molecule has 2 aliphatic rings. The number of terminal acetylenes is 1. The maximum atomic E-state index is 11.2. The van der Waals surface area contributed by atoms with Crippen LogP contribution in [0.5, 0.6) is 11.5 Å². The summed E-state index contributed by atoms with van der Waals surface area (Å²) in [5.74, 6) is 9.06. The fourth-order valence-electron chi connectivity index (χ4n) is 3.42. The fraction of sp³-hybridized carbons (Fsp3) is 0.312. The van der Waals surface area contributed by atoms with Crippen LogP contribution in [0, 0.1) is 24.2 Å². The van der Waals surface area contributed by atoms with Crippen molar-refractivity contribution in [1.29, 1.82) is 0 Å². The molecule has 0 N–H and O–H groups in total. The van der Waals surface area contributed by atoms with Gasteiger partial charge in [0, 0.05) is 0 Å². The van der Waals surface area contributed by atoms with Crippen molar-refractivity contribution in [2.45, 2.75) is 38.5 Å². The zero-order chi connectivity index (χ0) is 28.3. The summed E-state index contributed by atoms with van der Waals surface area (Å²) in [5.41, 5.74) is 2.21. The van der Waals surface area contributed by atoms with Gasteiger partial charge in [-0.05, 0) is 97.1 Å². The average Bonchev–Trinajstić information content (AvgIpc) is 3.69. The van der Waals surface area contributed by atoms with Gasteiger partial charge in [0.25, 0.3) is 0 Å². The molecule has 0 saturated carbocycles. The van der Waals surface area contributed by atoms with Crippen LogP contribution in [0.15, 0.2) is 70.7 Å². The first-order valence-electron chi connectivity index (χ1n) is 12.5. The highest BCUT2D eigenvalue weighted by molar-refractivity contribution is 9.11. The molecule has 0 spiro atoms. The summed E-state index contributed by atoms with van der Waals surface area (Å²) in [6.07, 6.45) is 16.8. The molecule has 0 amide bonds. The highest BCUT2D eigenvalue weighted by Crippen LogP contribution is 2.22. The molecule has 0 fully saturated rings. The van der Waals surface area contributed by atoms with Crippen molar-refractivity contribution in [2.75, 3.05) is 27.4 Å². The number of halogens is 1. The lowest BCUT2D eigenvalue weighted by atomic mass is 10.2. The van der Waals surface area contributed by atoms with E-state index in [1.807, 2.05) is 0 Å². The number of methoxy groups -OCH3 is 2. The Balaban J connectivity index is 0.000000232. The third kappa shape index (κ3) is 12.4. The van der Waals surface area contributed by atoms with Crippen LogP contribution >= 0.6 is 15.9 Å². The molecule has 2 aromatic carbocycles. The Bertz CT molecular complexity index is 1220. The molecule has 0 saturated heterocycles. The van der Waals surface area contributed by atoms with Crippen LogP contribution in [0.4, 0.5) is 0 Å². The highest BCUT2D eigenvalue weighted by Gasteiger charge is 2.05. The van der Waals surface area contributed by atoms with Crippen molar-refractivity contribution in [3.8, 4) is 35.7 Å². The second kappa shape index (κ2) is 18.3. The summed E-state index contributed by atoms with van der Waals surface area (Å²) in [7, 11) is 2.70. The first kappa shape index (κ1) is 31.3. The Morgan fingerprint density at radius 3 is 1.69 bits per heavy atom. The number of benzene rings is 2. The molecule has 0 heterocycles. The van der Waals surface area contributed by atoms with Gasteiger partial charge in [-0.2, -0.15) is 0 Å². The third-order valence-electron chi connectivity index (χ3n) is 5.46. The Morgan fingerprint density at radius 1 is 0.795 bits per heavy atom. The van der Waals surface area contributed by atoms with Gasteiger partial charge in [0.15, 0.2) is 0 Å². The third-order valence-corrected chi connectivity index (χ3v) is 6.18.